The average Bonchev–Trinajstić information content (AvgIpc) is 3.25. The highest BCUT2D eigenvalue weighted by molar-refractivity contribution is 5.99. The number of hydrogen-bond acceptors (Lipinski definition) is 5. The minimum atomic E-state index is -0.937. The molecule has 0 radical (unpaired) electrons. The van der Waals surface area contributed by atoms with Gasteiger partial charge in [0, 0.05) is 55.9 Å². The van der Waals surface area contributed by atoms with Gasteiger partial charge in [0.15, 0.2) is 17.3 Å². The van der Waals surface area contributed by atoms with Gasteiger partial charge in [-0.3, -0.25) is 19.3 Å². The quantitative estimate of drug-likeness (QED) is 0.394. The van der Waals surface area contributed by atoms with Gasteiger partial charge in [-0.05, 0) is 61.6 Å². The van der Waals surface area contributed by atoms with Gasteiger partial charge in [0.25, 0.3) is 0 Å². The second-order valence-corrected chi connectivity index (χ2v) is 10.5. The van der Waals surface area contributed by atoms with Crippen molar-refractivity contribution in [2.24, 2.45) is 0 Å². The number of likely N-dealkylation sites (tertiary alicyclic amines) is 1. The number of piperidine rings is 1. The number of carbonyl (C=O) groups excluding carboxylic acids is 2. The Morgan fingerprint density at radius 1 is 0.951 bits per heavy atom. The van der Waals surface area contributed by atoms with Crippen molar-refractivity contribution in [2.45, 2.75) is 43.7 Å². The van der Waals surface area contributed by atoms with Crippen LogP contribution in [-0.2, 0) is 4.79 Å². The summed E-state index contributed by atoms with van der Waals surface area (Å²) < 4.78 is 30.5. The van der Waals surface area contributed by atoms with Crippen molar-refractivity contribution in [1.29, 1.82) is 0 Å². The lowest BCUT2D eigenvalue weighted by Crippen LogP contribution is -2.53. The Balaban J connectivity index is 1.17. The maximum Gasteiger partial charge on any atom is 0.327 e. The van der Waals surface area contributed by atoms with Crippen LogP contribution in [0.2, 0.25) is 0 Å². The summed E-state index contributed by atoms with van der Waals surface area (Å²) in [5.74, 6) is -2.65. The number of hydrogen-bond donors (Lipinski definition) is 2. The molecule has 2 atom stereocenters. The van der Waals surface area contributed by atoms with E-state index in [-0.39, 0.29) is 42.2 Å². The van der Waals surface area contributed by atoms with Crippen LogP contribution >= 0.6 is 0 Å². The van der Waals surface area contributed by atoms with Crippen molar-refractivity contribution >= 4 is 28.8 Å². The molecule has 2 aliphatic heterocycles. The lowest BCUT2D eigenvalue weighted by Gasteiger charge is -2.34. The fraction of sp³-hybridized carbons (Fsp3) is 0.345. The van der Waals surface area contributed by atoms with Crippen LogP contribution < -0.4 is 15.9 Å². The maximum absolute atomic E-state index is 14.7. The number of nitrogens with zero attached hydrogens (tertiary/aromatic N) is 5. The molecule has 0 spiro atoms. The summed E-state index contributed by atoms with van der Waals surface area (Å²) >= 11 is 0. The van der Waals surface area contributed by atoms with Crippen LogP contribution in [0, 0.1) is 11.6 Å². The first kappa shape index (κ1) is 26.6. The molecule has 212 valence electrons. The third-order valence-electron chi connectivity index (χ3n) is 8.07. The summed E-state index contributed by atoms with van der Waals surface area (Å²) in [5, 5.41) is 2.89. The Morgan fingerprint density at radius 3 is 2.51 bits per heavy atom. The minimum absolute atomic E-state index is 0.0897. The number of carbonyl (C=O) groups is 2. The van der Waals surface area contributed by atoms with E-state index >= 15 is 0 Å². The van der Waals surface area contributed by atoms with E-state index in [4.69, 9.17) is 0 Å². The number of imidazole rings is 1. The lowest BCUT2D eigenvalue weighted by molar-refractivity contribution is -0.120. The van der Waals surface area contributed by atoms with Crippen molar-refractivity contribution in [3.8, 4) is 0 Å². The normalized spacial score (nSPS) is 20.3. The van der Waals surface area contributed by atoms with E-state index in [1.54, 1.807) is 46.3 Å². The van der Waals surface area contributed by atoms with Gasteiger partial charge in [-0.15, -0.1) is 0 Å². The third kappa shape index (κ3) is 5.17. The standard InChI is InChI=1S/C29H29F2N7O3/c30-22-4-1-3-21(25(22)31)18-6-7-23(27(39)37(17-18)19-8-13-32-14-9-19)34-28(40)36-15-10-20(11-16-36)38-24-5-2-12-33-26(24)35-29(38)41/h1-5,8-9,12-14,18,20,23H,6-7,10-11,15-17H2,(H,34,40)(H,33,35,41)/t18-,23-/m1/s1. The molecule has 2 fully saturated rings. The van der Waals surface area contributed by atoms with Gasteiger partial charge in [-0.25, -0.2) is 23.4 Å². The molecule has 1 aromatic carbocycles. The number of fused-ring (bicyclic) bond motifs is 1. The summed E-state index contributed by atoms with van der Waals surface area (Å²) in [6.45, 7) is 0.944. The topological polar surface area (TPSA) is 116 Å². The first-order chi connectivity index (χ1) is 19.9. The van der Waals surface area contributed by atoms with Gasteiger partial charge >= 0.3 is 11.7 Å². The van der Waals surface area contributed by atoms with Crippen LogP contribution in [0.25, 0.3) is 11.2 Å². The van der Waals surface area contributed by atoms with E-state index in [0.29, 0.717) is 43.7 Å². The predicted octanol–water partition coefficient (Wildman–Crippen LogP) is 3.72. The largest absolute Gasteiger partial charge is 0.327 e. The fourth-order valence-electron chi connectivity index (χ4n) is 5.95. The van der Waals surface area contributed by atoms with Crippen LogP contribution in [-0.4, -0.2) is 62.0 Å². The molecule has 2 aliphatic rings. The Bertz CT molecular complexity index is 1630. The second-order valence-electron chi connectivity index (χ2n) is 10.5. The molecular formula is C29H29F2N7O3. The maximum atomic E-state index is 14.7. The molecule has 0 saturated carbocycles. The van der Waals surface area contributed by atoms with Crippen molar-refractivity contribution in [3.05, 3.63) is 88.7 Å². The molecule has 0 aliphatic carbocycles. The summed E-state index contributed by atoms with van der Waals surface area (Å²) in [4.78, 5) is 53.8. The molecule has 4 aromatic rings. The monoisotopic (exact) mass is 561 g/mol. The van der Waals surface area contributed by atoms with E-state index in [1.807, 2.05) is 6.07 Å². The van der Waals surface area contributed by atoms with Crippen LogP contribution in [0.3, 0.4) is 0 Å². The number of aromatic amines is 1. The van der Waals surface area contributed by atoms with Crippen LogP contribution in [0.1, 0.15) is 43.2 Å². The Labute approximate surface area is 234 Å². The highest BCUT2D eigenvalue weighted by atomic mass is 19.2. The molecule has 0 unspecified atom stereocenters. The highest BCUT2D eigenvalue weighted by Gasteiger charge is 2.36. The molecule has 3 amide bonds. The molecule has 6 rings (SSSR count). The van der Waals surface area contributed by atoms with Gasteiger partial charge in [-0.1, -0.05) is 12.1 Å². The van der Waals surface area contributed by atoms with E-state index in [0.717, 1.165) is 11.6 Å². The first-order valence-electron chi connectivity index (χ1n) is 13.7. The first-order valence-corrected chi connectivity index (χ1v) is 13.7. The summed E-state index contributed by atoms with van der Waals surface area (Å²) in [7, 11) is 0. The van der Waals surface area contributed by atoms with Gasteiger partial charge in [0.1, 0.15) is 6.04 Å². The van der Waals surface area contributed by atoms with E-state index < -0.39 is 23.6 Å². The molecule has 3 aromatic heterocycles. The number of H-pyrrole nitrogens is 1. The summed E-state index contributed by atoms with van der Waals surface area (Å²) in [6, 6.07) is 9.72. The molecule has 0 bridgehead atoms. The molecule has 2 saturated heterocycles. The van der Waals surface area contributed by atoms with Gasteiger partial charge < -0.3 is 15.1 Å². The zero-order valence-corrected chi connectivity index (χ0v) is 22.2. The van der Waals surface area contributed by atoms with E-state index in [9.17, 15) is 23.2 Å². The Morgan fingerprint density at radius 2 is 1.73 bits per heavy atom. The van der Waals surface area contributed by atoms with Crippen molar-refractivity contribution in [3.63, 3.8) is 0 Å². The molecular weight excluding hydrogens is 532 g/mol. The van der Waals surface area contributed by atoms with Gasteiger partial charge in [-0.2, -0.15) is 0 Å². The van der Waals surface area contributed by atoms with Gasteiger partial charge in [0.05, 0.1) is 5.52 Å². The summed E-state index contributed by atoms with van der Waals surface area (Å²) in [5.41, 5.74) is 1.79. The molecule has 5 heterocycles. The Kier molecular flexibility index (Phi) is 7.21. The smallest absolute Gasteiger partial charge is 0.326 e. The van der Waals surface area contributed by atoms with Crippen molar-refractivity contribution < 1.29 is 18.4 Å². The number of amides is 3. The average molecular weight is 562 g/mol. The number of anilines is 1. The number of nitrogens with one attached hydrogen (secondary N) is 2. The van der Waals surface area contributed by atoms with Crippen LogP contribution in [0.5, 0.6) is 0 Å². The van der Waals surface area contributed by atoms with E-state index in [2.05, 4.69) is 20.3 Å². The zero-order chi connectivity index (χ0) is 28.5. The predicted molar refractivity (Wildman–Crippen MR) is 147 cm³/mol. The lowest BCUT2D eigenvalue weighted by atomic mass is 9.93. The minimum Gasteiger partial charge on any atom is -0.326 e. The fourth-order valence-corrected chi connectivity index (χ4v) is 5.95. The molecule has 12 heteroatoms. The number of aromatic nitrogens is 4. The zero-order valence-electron chi connectivity index (χ0n) is 22.2. The molecule has 41 heavy (non-hydrogen) atoms. The molecule has 10 nitrogen and oxygen atoms in total. The van der Waals surface area contributed by atoms with Crippen molar-refractivity contribution in [1.82, 2.24) is 29.7 Å². The number of halogens is 2. The number of urea groups is 1. The Hall–Kier alpha value is -4.61. The van der Waals surface area contributed by atoms with Crippen molar-refractivity contribution in [2.75, 3.05) is 24.5 Å². The second kappa shape index (κ2) is 11.1. The van der Waals surface area contributed by atoms with Gasteiger partial charge in [0.2, 0.25) is 5.91 Å². The number of rotatable bonds is 4. The third-order valence-corrected chi connectivity index (χ3v) is 8.07. The van der Waals surface area contributed by atoms with Crippen LogP contribution in [0.4, 0.5) is 19.3 Å². The highest BCUT2D eigenvalue weighted by Crippen LogP contribution is 2.32. The van der Waals surface area contributed by atoms with Crippen LogP contribution in [0.15, 0.2) is 65.8 Å². The molecule has 2 N–H and O–H groups in total. The number of pyridine rings is 2. The number of benzene rings is 1. The van der Waals surface area contributed by atoms with E-state index in [1.165, 1.54) is 17.0 Å². The summed E-state index contributed by atoms with van der Waals surface area (Å²) in [6.07, 6.45) is 6.50. The SMILES string of the molecule is O=C(N[C@@H]1CC[C@@H](c2cccc(F)c2F)CN(c2ccncc2)C1=O)N1CCC(n2c(=O)[nH]c3ncccc32)CC1.